The molecule has 2 rings (SSSR count). The molecule has 1 aliphatic heterocycles. The molecule has 0 unspecified atom stereocenters. The first kappa shape index (κ1) is 7.86. The molecule has 1 amide bonds. The summed E-state index contributed by atoms with van der Waals surface area (Å²) in [6, 6.07) is 0.251. The molecule has 0 aromatic carbocycles. The molecule has 12 heavy (non-hydrogen) atoms. The molecule has 4 nitrogen and oxygen atoms in total. The Morgan fingerprint density at radius 3 is 2.25 bits per heavy atom. The zero-order valence-corrected chi connectivity index (χ0v) is 6.94. The maximum absolute atomic E-state index is 10.7. The smallest absolute Gasteiger partial charge is 0.407 e. The molecule has 2 bridgehead atoms. The first-order valence-electron chi connectivity index (χ1n) is 4.42. The lowest BCUT2D eigenvalue weighted by Crippen LogP contribution is -2.50. The van der Waals surface area contributed by atoms with Crippen LogP contribution in [0, 0.1) is 11.8 Å². The molecule has 3 atom stereocenters. The van der Waals surface area contributed by atoms with Crippen molar-refractivity contribution in [3.63, 3.8) is 0 Å². The van der Waals surface area contributed by atoms with Gasteiger partial charge in [0.2, 0.25) is 0 Å². The van der Waals surface area contributed by atoms with Gasteiger partial charge < -0.3 is 15.7 Å². The molecule has 1 heterocycles. The molecule has 0 spiro atoms. The van der Waals surface area contributed by atoms with Gasteiger partial charge in [-0.3, -0.25) is 0 Å². The van der Waals surface area contributed by atoms with Gasteiger partial charge in [0.25, 0.3) is 0 Å². The maximum Gasteiger partial charge on any atom is 0.407 e. The van der Waals surface area contributed by atoms with E-state index in [9.17, 15) is 4.79 Å². The summed E-state index contributed by atoms with van der Waals surface area (Å²) in [5, 5.41) is 8.77. The molecule has 4 heteroatoms. The van der Waals surface area contributed by atoms with E-state index >= 15 is 0 Å². The van der Waals surface area contributed by atoms with Crippen molar-refractivity contribution in [2.45, 2.75) is 18.9 Å². The van der Waals surface area contributed by atoms with E-state index < -0.39 is 6.09 Å². The normalized spacial score (nSPS) is 40.1. The van der Waals surface area contributed by atoms with Crippen LogP contribution in [-0.4, -0.2) is 35.2 Å². The van der Waals surface area contributed by atoms with Crippen LogP contribution in [0.1, 0.15) is 12.8 Å². The average Bonchev–Trinajstić information content (AvgIpc) is 2.30. The van der Waals surface area contributed by atoms with Crippen molar-refractivity contribution in [2.24, 2.45) is 17.6 Å². The zero-order valence-electron chi connectivity index (χ0n) is 6.94. The number of hydrogen-bond donors (Lipinski definition) is 2. The van der Waals surface area contributed by atoms with Crippen molar-refractivity contribution in [3.8, 4) is 0 Å². The van der Waals surface area contributed by atoms with Gasteiger partial charge in [0.05, 0.1) is 0 Å². The summed E-state index contributed by atoms with van der Waals surface area (Å²) in [7, 11) is 0. The van der Waals surface area contributed by atoms with E-state index in [-0.39, 0.29) is 6.04 Å². The summed E-state index contributed by atoms with van der Waals surface area (Å²) in [6.45, 7) is 1.29. The van der Waals surface area contributed by atoms with Crippen LogP contribution in [0.3, 0.4) is 0 Å². The Balaban J connectivity index is 2.07. The van der Waals surface area contributed by atoms with Gasteiger partial charge in [-0.05, 0) is 24.7 Å². The minimum absolute atomic E-state index is 0.251. The molecule has 1 saturated heterocycles. The van der Waals surface area contributed by atoms with Crippen molar-refractivity contribution < 1.29 is 9.90 Å². The Kier molecular flexibility index (Phi) is 1.72. The van der Waals surface area contributed by atoms with Crippen LogP contribution in [0.2, 0.25) is 0 Å². The second-order valence-corrected chi connectivity index (χ2v) is 3.86. The van der Waals surface area contributed by atoms with Crippen LogP contribution < -0.4 is 5.73 Å². The number of fused-ring (bicyclic) bond motifs is 2. The third kappa shape index (κ3) is 1.06. The van der Waals surface area contributed by atoms with Crippen LogP contribution in [0.5, 0.6) is 0 Å². The molecule has 1 saturated carbocycles. The molecule has 3 N–H and O–H groups in total. The summed E-state index contributed by atoms with van der Waals surface area (Å²) in [6.07, 6.45) is 1.42. The molecule has 1 aliphatic carbocycles. The second-order valence-electron chi connectivity index (χ2n) is 3.86. The Labute approximate surface area is 71.3 Å². The standard InChI is InChI=1S/C8H14N2O2/c9-7-5-1-2-6(7)4-10(3-5)8(11)12/h5-7H,1-4,9H2,(H,11,12)/t5-,6+,7-. The Morgan fingerprint density at radius 2 is 1.83 bits per heavy atom. The fourth-order valence-corrected chi connectivity index (χ4v) is 2.42. The summed E-state index contributed by atoms with van der Waals surface area (Å²) in [5.74, 6) is 0.833. The molecule has 2 fully saturated rings. The van der Waals surface area contributed by atoms with E-state index in [1.807, 2.05) is 0 Å². The molecular formula is C8H14N2O2. The fraction of sp³-hybridized carbons (Fsp3) is 0.875. The van der Waals surface area contributed by atoms with E-state index in [4.69, 9.17) is 10.8 Å². The second kappa shape index (κ2) is 2.62. The van der Waals surface area contributed by atoms with E-state index in [1.54, 1.807) is 0 Å². The van der Waals surface area contributed by atoms with Gasteiger partial charge in [0.15, 0.2) is 0 Å². The first-order chi connectivity index (χ1) is 5.68. The van der Waals surface area contributed by atoms with Crippen molar-refractivity contribution in [1.82, 2.24) is 4.90 Å². The summed E-state index contributed by atoms with van der Waals surface area (Å²) in [4.78, 5) is 12.2. The topological polar surface area (TPSA) is 66.6 Å². The van der Waals surface area contributed by atoms with Crippen LogP contribution in [-0.2, 0) is 0 Å². The minimum atomic E-state index is -0.793. The number of nitrogens with zero attached hydrogens (tertiary/aromatic N) is 1. The minimum Gasteiger partial charge on any atom is -0.465 e. The van der Waals surface area contributed by atoms with Crippen LogP contribution in [0.15, 0.2) is 0 Å². The number of likely N-dealkylation sites (tertiary alicyclic amines) is 1. The average molecular weight is 170 g/mol. The molecular weight excluding hydrogens is 156 g/mol. The monoisotopic (exact) mass is 170 g/mol. The lowest BCUT2D eigenvalue weighted by atomic mass is 9.93. The predicted octanol–water partition coefficient (Wildman–Crippen LogP) is 0.334. The SMILES string of the molecule is N[C@@H]1[C@@H]2CC[C@H]1CN(C(=O)O)C2. The molecule has 2 aliphatic rings. The van der Waals surface area contributed by atoms with Crippen LogP contribution in [0.25, 0.3) is 0 Å². The van der Waals surface area contributed by atoms with E-state index in [2.05, 4.69) is 0 Å². The fourth-order valence-electron chi connectivity index (χ4n) is 2.42. The van der Waals surface area contributed by atoms with Crippen molar-refractivity contribution in [3.05, 3.63) is 0 Å². The highest BCUT2D eigenvalue weighted by Crippen LogP contribution is 2.35. The van der Waals surface area contributed by atoms with Crippen LogP contribution in [0.4, 0.5) is 4.79 Å². The highest BCUT2D eigenvalue weighted by atomic mass is 16.4. The molecule has 0 aromatic rings. The summed E-state index contributed by atoms with van der Waals surface area (Å²) < 4.78 is 0. The van der Waals surface area contributed by atoms with Gasteiger partial charge in [0.1, 0.15) is 0 Å². The largest absolute Gasteiger partial charge is 0.465 e. The molecule has 68 valence electrons. The number of piperidine rings is 1. The molecule has 0 aromatic heterocycles. The highest BCUT2D eigenvalue weighted by molar-refractivity contribution is 5.65. The highest BCUT2D eigenvalue weighted by Gasteiger charge is 2.41. The number of rotatable bonds is 0. The summed E-state index contributed by atoms with van der Waals surface area (Å²) in [5.41, 5.74) is 5.93. The van der Waals surface area contributed by atoms with Crippen molar-refractivity contribution >= 4 is 6.09 Å². The Morgan fingerprint density at radius 1 is 1.33 bits per heavy atom. The Bertz CT molecular complexity index is 193. The Hall–Kier alpha value is -0.770. The lowest BCUT2D eigenvalue weighted by Gasteiger charge is -2.34. The molecule has 0 radical (unpaired) electrons. The number of nitrogens with two attached hydrogens (primary N) is 1. The number of carbonyl (C=O) groups is 1. The number of hydrogen-bond acceptors (Lipinski definition) is 2. The van der Waals surface area contributed by atoms with Gasteiger partial charge >= 0.3 is 6.09 Å². The van der Waals surface area contributed by atoms with Gasteiger partial charge in [-0.2, -0.15) is 0 Å². The quantitative estimate of drug-likeness (QED) is 0.550. The zero-order chi connectivity index (χ0) is 8.72. The lowest BCUT2D eigenvalue weighted by molar-refractivity contribution is 0.109. The third-order valence-corrected chi connectivity index (χ3v) is 3.18. The van der Waals surface area contributed by atoms with E-state index in [0.29, 0.717) is 24.9 Å². The van der Waals surface area contributed by atoms with E-state index in [1.165, 1.54) is 4.90 Å². The van der Waals surface area contributed by atoms with Crippen molar-refractivity contribution in [1.29, 1.82) is 0 Å². The van der Waals surface area contributed by atoms with Crippen LogP contribution >= 0.6 is 0 Å². The first-order valence-corrected chi connectivity index (χ1v) is 4.42. The van der Waals surface area contributed by atoms with Gasteiger partial charge in [-0.15, -0.1) is 0 Å². The summed E-state index contributed by atoms with van der Waals surface area (Å²) >= 11 is 0. The van der Waals surface area contributed by atoms with Gasteiger partial charge in [-0.1, -0.05) is 0 Å². The number of amides is 1. The maximum atomic E-state index is 10.7. The van der Waals surface area contributed by atoms with Gasteiger partial charge in [0, 0.05) is 19.1 Å². The number of carboxylic acid groups (broad SMARTS) is 1. The van der Waals surface area contributed by atoms with E-state index in [0.717, 1.165) is 12.8 Å². The van der Waals surface area contributed by atoms with Crippen molar-refractivity contribution in [2.75, 3.05) is 13.1 Å². The predicted molar refractivity (Wildman–Crippen MR) is 43.8 cm³/mol. The van der Waals surface area contributed by atoms with Gasteiger partial charge in [-0.25, -0.2) is 4.79 Å². The third-order valence-electron chi connectivity index (χ3n) is 3.18.